The number of nitrogens with two attached hydrogens (primary N) is 2. The Bertz CT molecular complexity index is 1060. The van der Waals surface area contributed by atoms with Crippen molar-refractivity contribution in [2.24, 2.45) is 21.7 Å². The monoisotopic (exact) mass is 530 g/mol. The van der Waals surface area contributed by atoms with Crippen molar-refractivity contribution in [2.45, 2.75) is 0 Å². The lowest BCUT2D eigenvalue weighted by atomic mass is 10.1. The van der Waals surface area contributed by atoms with Crippen LogP contribution in [-0.2, 0) is 0 Å². The second-order valence-electron chi connectivity index (χ2n) is 5.53. The number of carboxylic acid groups (broad SMARTS) is 2. The lowest BCUT2D eigenvalue weighted by Crippen LogP contribution is -2.11. The van der Waals surface area contributed by atoms with E-state index in [2.05, 4.69) is 10.2 Å². The van der Waals surface area contributed by atoms with Gasteiger partial charge in [-0.05, 0) is 11.1 Å². The predicted molar refractivity (Wildman–Crippen MR) is 102 cm³/mol. The fourth-order valence-electron chi connectivity index (χ4n) is 1.88. The van der Waals surface area contributed by atoms with Crippen LogP contribution in [0, 0.1) is 46.5 Å². The van der Waals surface area contributed by atoms with Gasteiger partial charge in [-0.2, -0.15) is 0 Å². The van der Waals surface area contributed by atoms with Crippen molar-refractivity contribution in [3.63, 3.8) is 0 Å². The van der Waals surface area contributed by atoms with Gasteiger partial charge in [-0.15, -0.1) is 0 Å². The fourth-order valence-corrected chi connectivity index (χ4v) is 1.88. The summed E-state index contributed by atoms with van der Waals surface area (Å²) in [6.45, 7) is 1.19. The Morgan fingerprint density at radius 1 is 0.611 bits per heavy atom. The third-order valence-electron chi connectivity index (χ3n) is 3.36. The number of hydrogen-bond donors (Lipinski definition) is 4. The number of carbonyl (C=O) groups is 2. The molecule has 194 valence electrons. The van der Waals surface area contributed by atoms with Crippen LogP contribution in [0.4, 0.5) is 46.5 Å². The van der Waals surface area contributed by atoms with E-state index >= 15 is 0 Å². The zero-order valence-corrected chi connectivity index (χ0v) is 17.0. The molecule has 36 heavy (non-hydrogen) atoms. The molecule has 0 radical (unpaired) electrons. The standard InChI is InChI=1S/2C7HF4N3O2.C2H8N2/c2*8-2-1(7(15)16)3(9)5(11)6(4(2)10)13-14-12;3-1-2-4/h2*(H,15,16);1-4H2. The maximum Gasteiger partial charge on any atom is 0.341 e. The molecule has 0 heterocycles. The first kappa shape index (κ1) is 31.4. The van der Waals surface area contributed by atoms with Crippen molar-refractivity contribution < 1.29 is 54.9 Å². The van der Waals surface area contributed by atoms with Gasteiger partial charge in [0, 0.05) is 22.9 Å². The average Bonchev–Trinajstić information content (AvgIpc) is 2.82. The van der Waals surface area contributed by atoms with Crippen LogP contribution in [-0.4, -0.2) is 35.2 Å². The van der Waals surface area contributed by atoms with Crippen LogP contribution in [0.3, 0.4) is 0 Å². The lowest BCUT2D eigenvalue weighted by molar-refractivity contribution is 0.0672. The summed E-state index contributed by atoms with van der Waals surface area (Å²) in [7, 11) is 0. The summed E-state index contributed by atoms with van der Waals surface area (Å²) in [4.78, 5) is 24.5. The fraction of sp³-hybridized carbons (Fsp3) is 0.125. The number of nitrogens with zero attached hydrogens (tertiary/aromatic N) is 6. The molecule has 0 unspecified atom stereocenters. The van der Waals surface area contributed by atoms with E-state index in [1.807, 2.05) is 9.82 Å². The highest BCUT2D eigenvalue weighted by Gasteiger charge is 2.29. The first-order valence-electron chi connectivity index (χ1n) is 8.43. The zero-order chi connectivity index (χ0) is 28.3. The quantitative estimate of drug-likeness (QED) is 0.141. The molecule has 0 aromatic heterocycles. The Kier molecular flexibility index (Phi) is 12.1. The summed E-state index contributed by atoms with van der Waals surface area (Å²) in [6, 6.07) is 0. The second kappa shape index (κ2) is 13.9. The summed E-state index contributed by atoms with van der Waals surface area (Å²) in [5, 5.41) is 21.4. The molecule has 0 bridgehead atoms. The van der Waals surface area contributed by atoms with Gasteiger partial charge in [0.2, 0.25) is 0 Å². The van der Waals surface area contributed by atoms with Gasteiger partial charge in [0.1, 0.15) is 22.5 Å². The van der Waals surface area contributed by atoms with Crippen molar-refractivity contribution in [3.8, 4) is 0 Å². The topological polar surface area (TPSA) is 224 Å². The first-order chi connectivity index (χ1) is 16.7. The minimum Gasteiger partial charge on any atom is -0.477 e. The molecule has 2 aromatic rings. The molecule has 0 spiro atoms. The van der Waals surface area contributed by atoms with E-state index in [1.165, 1.54) is 0 Å². The van der Waals surface area contributed by atoms with E-state index < -0.39 is 81.0 Å². The Morgan fingerprint density at radius 2 is 0.833 bits per heavy atom. The van der Waals surface area contributed by atoms with Gasteiger partial charge >= 0.3 is 11.9 Å². The Hall–Kier alpha value is -4.64. The molecule has 12 nitrogen and oxygen atoms in total. The van der Waals surface area contributed by atoms with Gasteiger partial charge in [0.15, 0.2) is 46.5 Å². The van der Waals surface area contributed by atoms with Crippen LogP contribution in [0.1, 0.15) is 20.7 Å². The Labute approximate surface area is 192 Å². The van der Waals surface area contributed by atoms with E-state index in [4.69, 9.17) is 32.7 Å². The Morgan fingerprint density at radius 3 is 0.972 bits per heavy atom. The number of rotatable bonds is 5. The smallest absolute Gasteiger partial charge is 0.341 e. The van der Waals surface area contributed by atoms with Gasteiger partial charge in [-0.3, -0.25) is 0 Å². The van der Waals surface area contributed by atoms with Crippen LogP contribution in [0.5, 0.6) is 0 Å². The second-order valence-corrected chi connectivity index (χ2v) is 5.53. The summed E-state index contributed by atoms with van der Waals surface area (Å²) < 4.78 is 103. The maximum absolute atomic E-state index is 12.9. The number of hydrogen-bond acceptors (Lipinski definition) is 6. The molecular weight excluding hydrogens is 520 g/mol. The molecule has 6 N–H and O–H groups in total. The molecule has 0 atom stereocenters. The van der Waals surface area contributed by atoms with Gasteiger partial charge in [-0.1, -0.05) is 10.2 Å². The third-order valence-corrected chi connectivity index (χ3v) is 3.36. The highest BCUT2D eigenvalue weighted by Crippen LogP contribution is 2.31. The number of azide groups is 2. The minimum absolute atomic E-state index is 0.597. The van der Waals surface area contributed by atoms with Crippen molar-refractivity contribution in [1.82, 2.24) is 0 Å². The molecule has 0 aliphatic carbocycles. The first-order valence-corrected chi connectivity index (χ1v) is 8.43. The van der Waals surface area contributed by atoms with Crippen LogP contribution in [0.25, 0.3) is 20.9 Å². The van der Waals surface area contributed by atoms with Crippen LogP contribution < -0.4 is 11.5 Å². The van der Waals surface area contributed by atoms with Crippen molar-refractivity contribution in [3.05, 3.63) is 78.6 Å². The highest BCUT2D eigenvalue weighted by molar-refractivity contribution is 5.89. The van der Waals surface area contributed by atoms with E-state index in [-0.39, 0.29) is 0 Å². The van der Waals surface area contributed by atoms with Crippen LogP contribution in [0.2, 0.25) is 0 Å². The van der Waals surface area contributed by atoms with Gasteiger partial charge in [0.25, 0.3) is 0 Å². The highest BCUT2D eigenvalue weighted by atomic mass is 19.2. The molecule has 2 rings (SSSR count). The van der Waals surface area contributed by atoms with Crippen molar-refractivity contribution in [2.75, 3.05) is 13.1 Å². The van der Waals surface area contributed by atoms with Crippen molar-refractivity contribution >= 4 is 23.3 Å². The zero-order valence-electron chi connectivity index (χ0n) is 17.0. The van der Waals surface area contributed by atoms with E-state index in [9.17, 15) is 44.7 Å². The van der Waals surface area contributed by atoms with Crippen molar-refractivity contribution in [1.29, 1.82) is 0 Å². The maximum atomic E-state index is 12.9. The molecule has 0 fully saturated rings. The van der Waals surface area contributed by atoms with Crippen LogP contribution >= 0.6 is 0 Å². The number of benzene rings is 2. The Balaban J connectivity index is 0.000000593. The van der Waals surface area contributed by atoms with Gasteiger partial charge in [0.05, 0.1) is 0 Å². The van der Waals surface area contributed by atoms with E-state index in [0.717, 1.165) is 0 Å². The molecule has 0 saturated heterocycles. The SMILES string of the molecule is NCCN.[N-]=[N+]=Nc1c(F)c(F)c(C(=O)O)c(F)c1F.[N-]=[N+]=Nc1c(F)c(F)c(C(=O)O)c(F)c1F. The molecule has 0 amide bonds. The molecule has 2 aromatic carbocycles. The molecule has 0 saturated carbocycles. The average molecular weight is 530 g/mol. The van der Waals surface area contributed by atoms with Gasteiger partial charge in [-0.25, -0.2) is 44.7 Å². The third kappa shape index (κ3) is 6.93. The van der Waals surface area contributed by atoms with Crippen LogP contribution in [0.15, 0.2) is 10.2 Å². The summed E-state index contributed by atoms with van der Waals surface area (Å²) >= 11 is 0. The predicted octanol–water partition coefficient (Wildman–Crippen LogP) is 4.67. The molecular formula is C16H10F8N8O4. The van der Waals surface area contributed by atoms with E-state index in [0.29, 0.717) is 13.1 Å². The van der Waals surface area contributed by atoms with E-state index in [1.54, 1.807) is 0 Å². The van der Waals surface area contributed by atoms with Gasteiger partial charge < -0.3 is 21.7 Å². The normalized spacial score (nSPS) is 9.50. The summed E-state index contributed by atoms with van der Waals surface area (Å²) in [5.41, 5.74) is 18.9. The number of carboxylic acids is 2. The largest absolute Gasteiger partial charge is 0.477 e. The number of aromatic carboxylic acids is 2. The lowest BCUT2D eigenvalue weighted by Gasteiger charge is -2.05. The summed E-state index contributed by atoms with van der Waals surface area (Å²) in [5.74, 6) is -21.1. The molecule has 0 aliphatic heterocycles. The molecule has 20 heteroatoms. The number of halogens is 8. The summed E-state index contributed by atoms with van der Waals surface area (Å²) in [6.07, 6.45) is 0. The minimum atomic E-state index is -2.18. The molecule has 0 aliphatic rings.